The molecule has 6 aromatic rings. The second-order valence-corrected chi connectivity index (χ2v) is 18.4. The van der Waals surface area contributed by atoms with Gasteiger partial charge in [-0.05, 0) is 84.6 Å². The summed E-state index contributed by atoms with van der Waals surface area (Å²) in [5.74, 6) is -1.38. The number of aromatic hydroxyl groups is 2. The number of phenolic OH excluding ortho intramolecular Hbond substituents is 2. The Kier molecular flexibility index (Phi) is 10.3. The highest BCUT2D eigenvalue weighted by Gasteiger charge is 2.28. The molecule has 0 spiro atoms. The Morgan fingerprint density at radius 3 is 1.02 bits per heavy atom. The summed E-state index contributed by atoms with van der Waals surface area (Å²) in [7, 11) is -20.2. The molecule has 24 heteroatoms. The van der Waals surface area contributed by atoms with Crippen LogP contribution in [0.4, 0.5) is 34.1 Å². The Balaban J connectivity index is 1.23. The van der Waals surface area contributed by atoms with E-state index >= 15 is 0 Å². The van der Waals surface area contributed by atoms with Crippen molar-refractivity contribution in [1.29, 1.82) is 0 Å². The first-order valence-electron chi connectivity index (χ1n) is 16.1. The van der Waals surface area contributed by atoms with Crippen LogP contribution in [0.5, 0.6) is 11.5 Å². The van der Waals surface area contributed by atoms with Crippen LogP contribution in [0.2, 0.25) is 0 Å². The molecule has 0 atom stereocenters. The minimum atomic E-state index is -5.08. The number of hydrazine groups is 2. The average Bonchev–Trinajstić information content (AvgIpc) is 3.09. The van der Waals surface area contributed by atoms with Crippen LogP contribution < -0.4 is 33.2 Å². The standard InChI is InChI=1S/C34H32N6O14S4/c1-15-11-17(3-7-21(15)37-39-23-9-5-19-25(55(43,44)45)13-27(57(49,50)51)31(35)29(19)33(23)41)18-4-8-22(16(2)12-18)38-40-24-10-6-20-26(56(46,47)48)14-28(58(52,53)54)32(36)30(20)34(24)42/h3-14,37-42H,35-36H2,1-2H3,(H,43,44,45)(H,46,47,48)(H,49,50,51)(H,52,53,54). The molecule has 14 N–H and O–H groups in total. The zero-order valence-electron chi connectivity index (χ0n) is 29.7. The van der Waals surface area contributed by atoms with Gasteiger partial charge in [0.25, 0.3) is 40.5 Å². The number of rotatable bonds is 11. The van der Waals surface area contributed by atoms with Crippen LogP contribution in [0.3, 0.4) is 0 Å². The maximum Gasteiger partial charge on any atom is 0.296 e. The van der Waals surface area contributed by atoms with Crippen molar-refractivity contribution in [3.8, 4) is 22.6 Å². The molecule has 0 bridgehead atoms. The Morgan fingerprint density at radius 2 is 0.724 bits per heavy atom. The fraction of sp³-hybridized carbons (Fsp3) is 0.0588. The minimum absolute atomic E-state index is 0.0741. The van der Waals surface area contributed by atoms with Gasteiger partial charge in [0.2, 0.25) is 0 Å². The Hall–Kier alpha value is -6.12. The van der Waals surface area contributed by atoms with E-state index < -0.39 is 93.7 Å². The van der Waals surface area contributed by atoms with E-state index in [0.717, 1.165) is 11.1 Å². The highest BCUT2D eigenvalue weighted by Crippen LogP contribution is 2.44. The van der Waals surface area contributed by atoms with Gasteiger partial charge in [0.05, 0.1) is 44.9 Å². The third-order valence-corrected chi connectivity index (χ3v) is 12.6. The van der Waals surface area contributed by atoms with Crippen molar-refractivity contribution in [2.45, 2.75) is 33.4 Å². The molecule has 20 nitrogen and oxygen atoms in total. The number of anilines is 6. The average molecular weight is 877 g/mol. The molecule has 0 aliphatic heterocycles. The van der Waals surface area contributed by atoms with Gasteiger partial charge in [-0.15, -0.1) is 0 Å². The normalized spacial score (nSPS) is 12.4. The van der Waals surface area contributed by atoms with E-state index in [1.54, 1.807) is 38.1 Å². The van der Waals surface area contributed by atoms with Crippen molar-refractivity contribution < 1.29 is 62.1 Å². The largest absolute Gasteiger partial charge is 0.505 e. The summed E-state index contributed by atoms with van der Waals surface area (Å²) in [4.78, 5) is -3.89. The lowest BCUT2D eigenvalue weighted by molar-refractivity contribution is 0.476. The topological polar surface area (TPSA) is 358 Å². The van der Waals surface area contributed by atoms with Gasteiger partial charge in [-0.2, -0.15) is 33.7 Å². The van der Waals surface area contributed by atoms with Gasteiger partial charge in [-0.1, -0.05) is 24.3 Å². The molecule has 0 amide bonds. The van der Waals surface area contributed by atoms with Crippen LogP contribution in [-0.2, 0) is 40.5 Å². The lowest BCUT2D eigenvalue weighted by atomic mass is 10.00. The monoisotopic (exact) mass is 876 g/mol. The molecule has 6 rings (SSSR count). The smallest absolute Gasteiger partial charge is 0.296 e. The molecule has 6 aromatic carbocycles. The predicted molar refractivity (Wildman–Crippen MR) is 215 cm³/mol. The van der Waals surface area contributed by atoms with Gasteiger partial charge in [0.15, 0.2) is 0 Å². The summed E-state index contributed by atoms with van der Waals surface area (Å²) in [5.41, 5.74) is 25.7. The molecule has 0 aliphatic carbocycles. The van der Waals surface area contributed by atoms with Gasteiger partial charge in [0, 0.05) is 10.8 Å². The summed E-state index contributed by atoms with van der Waals surface area (Å²) in [6.45, 7) is 3.55. The zero-order valence-corrected chi connectivity index (χ0v) is 32.9. The van der Waals surface area contributed by atoms with Crippen molar-refractivity contribution in [1.82, 2.24) is 0 Å². The zero-order chi connectivity index (χ0) is 42.9. The van der Waals surface area contributed by atoms with E-state index in [9.17, 15) is 62.1 Å². The highest BCUT2D eigenvalue weighted by atomic mass is 32.2. The molecular formula is C34H32N6O14S4. The molecule has 58 heavy (non-hydrogen) atoms. The Labute approximate surface area is 330 Å². The molecule has 0 saturated heterocycles. The van der Waals surface area contributed by atoms with Crippen LogP contribution in [0, 0.1) is 13.8 Å². The number of fused-ring (bicyclic) bond motifs is 2. The van der Waals surface area contributed by atoms with Crippen molar-refractivity contribution >= 4 is 96.1 Å². The number of nitrogens with one attached hydrogen (secondary N) is 4. The van der Waals surface area contributed by atoms with Gasteiger partial charge in [0.1, 0.15) is 31.1 Å². The number of aryl methyl sites for hydroxylation is 2. The van der Waals surface area contributed by atoms with Crippen molar-refractivity contribution in [2.24, 2.45) is 0 Å². The van der Waals surface area contributed by atoms with Gasteiger partial charge in [-0.3, -0.25) is 29.1 Å². The predicted octanol–water partition coefficient (Wildman–Crippen LogP) is 4.72. The van der Waals surface area contributed by atoms with Crippen LogP contribution in [0.25, 0.3) is 32.7 Å². The van der Waals surface area contributed by atoms with Crippen LogP contribution in [0.1, 0.15) is 11.1 Å². The first-order chi connectivity index (χ1) is 26.8. The van der Waals surface area contributed by atoms with Crippen molar-refractivity contribution in [3.05, 3.63) is 83.9 Å². The van der Waals surface area contributed by atoms with Crippen LogP contribution in [-0.4, -0.2) is 62.1 Å². The van der Waals surface area contributed by atoms with E-state index in [0.29, 0.717) is 34.6 Å². The maximum atomic E-state index is 12.0. The van der Waals surface area contributed by atoms with E-state index in [1.165, 1.54) is 24.3 Å². The second-order valence-electron chi connectivity index (χ2n) is 12.8. The number of phenols is 2. The number of nitrogens with two attached hydrogens (primary N) is 2. The van der Waals surface area contributed by atoms with Crippen LogP contribution in [0.15, 0.2) is 92.4 Å². The molecule has 0 radical (unpaired) electrons. The maximum absolute atomic E-state index is 12.0. The summed E-state index contributed by atoms with van der Waals surface area (Å²) < 4.78 is 134. The third kappa shape index (κ3) is 7.77. The molecular weight excluding hydrogens is 845 g/mol. The Bertz CT molecular complexity index is 2980. The van der Waals surface area contributed by atoms with E-state index in [-0.39, 0.29) is 22.1 Å². The van der Waals surface area contributed by atoms with Crippen LogP contribution >= 0.6 is 0 Å². The SMILES string of the molecule is Cc1cc(-c2ccc(NNc3ccc4c(S(=O)(=O)O)cc(S(=O)(=O)O)c(N)c4c3O)c(C)c2)ccc1NNc1ccc2c(S(=O)(=O)O)cc(S(=O)(=O)O)c(N)c2c1O. The molecule has 0 aromatic heterocycles. The lowest BCUT2D eigenvalue weighted by Gasteiger charge is -2.18. The lowest BCUT2D eigenvalue weighted by Crippen LogP contribution is -2.12. The molecule has 0 saturated carbocycles. The van der Waals surface area contributed by atoms with E-state index in [1.807, 2.05) is 12.1 Å². The van der Waals surface area contributed by atoms with Gasteiger partial charge < -0.3 is 32.5 Å². The van der Waals surface area contributed by atoms with E-state index in [2.05, 4.69) is 21.7 Å². The highest BCUT2D eigenvalue weighted by molar-refractivity contribution is 7.87. The number of nitrogen functional groups attached to an aromatic ring is 2. The van der Waals surface area contributed by atoms with Gasteiger partial charge in [-0.25, -0.2) is 0 Å². The van der Waals surface area contributed by atoms with E-state index in [4.69, 9.17) is 11.5 Å². The van der Waals surface area contributed by atoms with Crippen molar-refractivity contribution in [2.75, 3.05) is 33.2 Å². The Morgan fingerprint density at radius 1 is 0.431 bits per heavy atom. The van der Waals surface area contributed by atoms with Crippen molar-refractivity contribution in [3.63, 3.8) is 0 Å². The summed E-state index contributed by atoms with van der Waals surface area (Å²) in [5, 5.41) is 20.5. The molecule has 0 aliphatic rings. The third-order valence-electron chi connectivity index (χ3n) is 9.04. The molecule has 0 fully saturated rings. The first kappa shape index (κ1) is 41.5. The summed E-state index contributed by atoms with van der Waals surface area (Å²) in [6, 6.07) is 16.4. The quantitative estimate of drug-likeness (QED) is 0.0362. The second kappa shape index (κ2) is 14.4. The molecule has 0 unspecified atom stereocenters. The number of hydrogen-bond acceptors (Lipinski definition) is 16. The fourth-order valence-electron chi connectivity index (χ4n) is 6.23. The summed E-state index contributed by atoms with van der Waals surface area (Å²) >= 11 is 0. The fourth-order valence-corrected chi connectivity index (χ4v) is 9.10. The minimum Gasteiger partial charge on any atom is -0.505 e. The number of hydrogen-bond donors (Lipinski definition) is 12. The molecule has 0 heterocycles. The molecule has 306 valence electrons. The number of benzene rings is 6. The summed E-state index contributed by atoms with van der Waals surface area (Å²) in [6.07, 6.45) is 0. The van der Waals surface area contributed by atoms with Gasteiger partial charge >= 0.3 is 0 Å². The first-order valence-corrected chi connectivity index (χ1v) is 21.9.